The Morgan fingerprint density at radius 2 is 2.00 bits per heavy atom. The molecule has 80 valence electrons. The molecule has 1 aromatic heterocycles. The summed E-state index contributed by atoms with van der Waals surface area (Å²) in [6, 6.07) is 10.7. The number of carbonyl (C=O) groups excluding carboxylic acids is 1. The molecule has 1 N–H and O–H groups in total. The molecule has 0 aliphatic carbocycles. The van der Waals surface area contributed by atoms with Crippen molar-refractivity contribution in [2.45, 2.75) is 5.92 Å². The van der Waals surface area contributed by atoms with Gasteiger partial charge >= 0.3 is 5.97 Å². The second kappa shape index (κ2) is 4.10. The van der Waals surface area contributed by atoms with Crippen LogP contribution in [0, 0.1) is 0 Å². The molecule has 0 aliphatic heterocycles. The molecule has 1 aromatic carbocycles. The number of aromatic nitrogens is 1. The van der Waals surface area contributed by atoms with E-state index in [2.05, 4.69) is 4.98 Å². The number of hydrogen-bond donors (Lipinski definition) is 1. The van der Waals surface area contributed by atoms with E-state index in [9.17, 15) is 9.59 Å². The predicted molar refractivity (Wildman–Crippen MR) is 58.2 cm³/mol. The number of aliphatic carboxylic acids is 1. The van der Waals surface area contributed by atoms with E-state index in [-0.39, 0.29) is 5.69 Å². The topological polar surface area (TPSA) is 67.3 Å². The molecule has 0 bridgehead atoms. The highest BCUT2D eigenvalue weighted by atomic mass is 16.4. The number of aldehydes is 1. The maximum Gasteiger partial charge on any atom is 0.319 e. The largest absolute Gasteiger partial charge is 0.480 e. The monoisotopic (exact) mass is 215 g/mol. The first-order valence-electron chi connectivity index (χ1n) is 4.76. The molecule has 2 aromatic rings. The number of carboxylic acid groups (broad SMARTS) is 1. The zero-order chi connectivity index (χ0) is 11.5. The molecule has 1 unspecified atom stereocenters. The van der Waals surface area contributed by atoms with Crippen LogP contribution in [-0.4, -0.2) is 22.3 Å². The normalized spacial score (nSPS) is 12.2. The molecule has 0 saturated heterocycles. The van der Waals surface area contributed by atoms with Crippen molar-refractivity contribution >= 4 is 23.2 Å². The first-order chi connectivity index (χ1) is 7.72. The third-order valence-corrected chi connectivity index (χ3v) is 2.34. The Morgan fingerprint density at radius 3 is 2.69 bits per heavy atom. The van der Waals surface area contributed by atoms with Gasteiger partial charge in [-0.2, -0.15) is 0 Å². The smallest absolute Gasteiger partial charge is 0.319 e. The van der Waals surface area contributed by atoms with Gasteiger partial charge in [-0.15, -0.1) is 0 Å². The average molecular weight is 215 g/mol. The van der Waals surface area contributed by atoms with Gasteiger partial charge in [0, 0.05) is 5.39 Å². The van der Waals surface area contributed by atoms with Crippen molar-refractivity contribution in [3.63, 3.8) is 0 Å². The third-order valence-electron chi connectivity index (χ3n) is 2.34. The summed E-state index contributed by atoms with van der Waals surface area (Å²) in [5, 5.41) is 9.75. The van der Waals surface area contributed by atoms with Gasteiger partial charge in [0.25, 0.3) is 0 Å². The van der Waals surface area contributed by atoms with E-state index in [4.69, 9.17) is 5.11 Å². The molecule has 2 rings (SSSR count). The average Bonchev–Trinajstić information content (AvgIpc) is 2.29. The number of hydrogen-bond acceptors (Lipinski definition) is 3. The van der Waals surface area contributed by atoms with Crippen LogP contribution in [0.2, 0.25) is 0 Å². The van der Waals surface area contributed by atoms with Crippen molar-refractivity contribution in [1.29, 1.82) is 0 Å². The maximum absolute atomic E-state index is 10.8. The van der Waals surface area contributed by atoms with Gasteiger partial charge in [0.05, 0.1) is 11.2 Å². The summed E-state index contributed by atoms with van der Waals surface area (Å²) in [5.41, 5.74) is 0.953. The molecule has 4 heteroatoms. The first-order valence-corrected chi connectivity index (χ1v) is 4.76. The zero-order valence-corrected chi connectivity index (χ0v) is 8.33. The highest BCUT2D eigenvalue weighted by molar-refractivity contribution is 5.93. The Hall–Kier alpha value is -2.23. The van der Waals surface area contributed by atoms with E-state index in [0.29, 0.717) is 11.8 Å². The second-order valence-electron chi connectivity index (χ2n) is 3.38. The minimum absolute atomic E-state index is 0.265. The van der Waals surface area contributed by atoms with Gasteiger partial charge < -0.3 is 9.90 Å². The van der Waals surface area contributed by atoms with Crippen LogP contribution in [0.5, 0.6) is 0 Å². The molecular formula is C12H9NO3. The molecule has 0 spiro atoms. The Labute approximate surface area is 91.5 Å². The molecule has 0 saturated carbocycles. The number of benzene rings is 1. The lowest BCUT2D eigenvalue weighted by atomic mass is 10.1. The van der Waals surface area contributed by atoms with Gasteiger partial charge in [-0.1, -0.05) is 24.3 Å². The van der Waals surface area contributed by atoms with E-state index in [0.717, 1.165) is 5.39 Å². The van der Waals surface area contributed by atoms with Crippen molar-refractivity contribution in [3.05, 3.63) is 42.1 Å². The number of rotatable bonds is 3. The fraction of sp³-hybridized carbons (Fsp3) is 0.0833. The maximum atomic E-state index is 10.8. The minimum Gasteiger partial charge on any atom is -0.480 e. The van der Waals surface area contributed by atoms with Crippen molar-refractivity contribution in [2.75, 3.05) is 0 Å². The lowest BCUT2D eigenvalue weighted by molar-refractivity contribution is -0.140. The van der Waals surface area contributed by atoms with E-state index < -0.39 is 11.9 Å². The van der Waals surface area contributed by atoms with Crippen molar-refractivity contribution < 1.29 is 14.7 Å². The second-order valence-corrected chi connectivity index (χ2v) is 3.38. The summed E-state index contributed by atoms with van der Waals surface area (Å²) >= 11 is 0. The Kier molecular flexibility index (Phi) is 2.64. The van der Waals surface area contributed by atoms with Crippen LogP contribution in [0.15, 0.2) is 36.4 Å². The molecule has 0 aliphatic rings. The number of carboxylic acids is 1. The predicted octanol–water partition coefficient (Wildman–Crippen LogP) is 1.60. The van der Waals surface area contributed by atoms with Crippen molar-refractivity contribution in [1.82, 2.24) is 4.98 Å². The minimum atomic E-state index is -1.19. The van der Waals surface area contributed by atoms with Gasteiger partial charge in [-0.25, -0.2) is 0 Å². The molecule has 4 nitrogen and oxygen atoms in total. The van der Waals surface area contributed by atoms with Crippen LogP contribution >= 0.6 is 0 Å². The Bertz CT molecular complexity index is 551. The zero-order valence-electron chi connectivity index (χ0n) is 8.33. The van der Waals surface area contributed by atoms with Crippen LogP contribution in [0.4, 0.5) is 0 Å². The Balaban J connectivity index is 2.53. The van der Waals surface area contributed by atoms with E-state index in [1.807, 2.05) is 18.2 Å². The molecule has 0 fully saturated rings. The number of para-hydroxylation sites is 1. The summed E-state index contributed by atoms with van der Waals surface area (Å²) in [6.07, 6.45) is 0.388. The van der Waals surface area contributed by atoms with Crippen LogP contribution < -0.4 is 0 Å². The molecule has 1 heterocycles. The van der Waals surface area contributed by atoms with Crippen molar-refractivity contribution in [3.8, 4) is 0 Å². The summed E-state index contributed by atoms with van der Waals surface area (Å²) in [6.45, 7) is 0. The van der Waals surface area contributed by atoms with Gasteiger partial charge in [-0.05, 0) is 12.1 Å². The Morgan fingerprint density at radius 1 is 1.25 bits per heavy atom. The molecular weight excluding hydrogens is 206 g/mol. The molecule has 0 radical (unpaired) electrons. The fourth-order valence-corrected chi connectivity index (χ4v) is 1.51. The number of carbonyl (C=O) groups is 2. The quantitative estimate of drug-likeness (QED) is 0.623. The molecule has 0 amide bonds. The SMILES string of the molecule is O=CC(C(=O)O)c1ccc2ccccc2n1. The standard InChI is InChI=1S/C12H9NO3/c14-7-9(12(15)16)11-6-5-8-3-1-2-4-10(8)13-11/h1-7,9H,(H,15,16). The van der Waals surface area contributed by atoms with Crippen LogP contribution in [-0.2, 0) is 9.59 Å². The van der Waals surface area contributed by atoms with Crippen LogP contribution in [0.1, 0.15) is 11.6 Å². The van der Waals surface area contributed by atoms with Crippen LogP contribution in [0.25, 0.3) is 10.9 Å². The fourth-order valence-electron chi connectivity index (χ4n) is 1.51. The summed E-state index contributed by atoms with van der Waals surface area (Å²) in [4.78, 5) is 25.6. The van der Waals surface area contributed by atoms with E-state index in [1.54, 1.807) is 18.2 Å². The highest BCUT2D eigenvalue weighted by Gasteiger charge is 2.20. The number of nitrogens with zero attached hydrogens (tertiary/aromatic N) is 1. The summed E-state index contributed by atoms with van der Waals surface area (Å²) in [5.74, 6) is -2.37. The van der Waals surface area contributed by atoms with Crippen LogP contribution in [0.3, 0.4) is 0 Å². The number of fused-ring (bicyclic) bond motifs is 1. The number of pyridine rings is 1. The van der Waals surface area contributed by atoms with Gasteiger partial charge in [0.2, 0.25) is 0 Å². The highest BCUT2D eigenvalue weighted by Crippen LogP contribution is 2.17. The molecule has 16 heavy (non-hydrogen) atoms. The van der Waals surface area contributed by atoms with E-state index >= 15 is 0 Å². The summed E-state index contributed by atoms with van der Waals surface area (Å²) < 4.78 is 0. The first kappa shape index (κ1) is 10.3. The lowest BCUT2D eigenvalue weighted by Gasteiger charge is -2.05. The summed E-state index contributed by atoms with van der Waals surface area (Å²) in [7, 11) is 0. The lowest BCUT2D eigenvalue weighted by Crippen LogP contribution is -2.14. The molecule has 1 atom stereocenters. The van der Waals surface area contributed by atoms with Gasteiger partial charge in [-0.3, -0.25) is 9.78 Å². The van der Waals surface area contributed by atoms with Crippen molar-refractivity contribution in [2.24, 2.45) is 0 Å². The van der Waals surface area contributed by atoms with Gasteiger partial charge in [0.15, 0.2) is 5.92 Å². The van der Waals surface area contributed by atoms with E-state index in [1.165, 1.54) is 0 Å². The van der Waals surface area contributed by atoms with Gasteiger partial charge in [0.1, 0.15) is 6.29 Å². The third kappa shape index (κ3) is 1.77.